The maximum Gasteiger partial charge on any atom is 0.265 e. The van der Waals surface area contributed by atoms with Crippen molar-refractivity contribution in [3.05, 3.63) is 56.9 Å². The number of aromatic nitrogens is 1. The molecule has 2 atom stereocenters. The maximum atomic E-state index is 12.7. The van der Waals surface area contributed by atoms with Crippen molar-refractivity contribution in [2.24, 2.45) is 0 Å². The number of nitrogens with one attached hydrogen (secondary N) is 1. The molecule has 1 aliphatic rings. The van der Waals surface area contributed by atoms with Gasteiger partial charge in [0.25, 0.3) is 11.5 Å². The number of pyridine rings is 1. The standard InChI is InChI=1S/C17H15BrN2O4/c1-9(20-8-12(18)4-6-15(20)21)16(22)11-3-5-14-13(7-11)19-17(23)10(2)24-14/h3-10H,1-2H3,(H,19,23). The first-order valence-electron chi connectivity index (χ1n) is 7.40. The second-order valence-corrected chi connectivity index (χ2v) is 6.51. The fourth-order valence-corrected chi connectivity index (χ4v) is 2.86. The van der Waals surface area contributed by atoms with Crippen molar-refractivity contribution in [3.8, 4) is 5.75 Å². The van der Waals surface area contributed by atoms with Crippen LogP contribution in [0.4, 0.5) is 5.69 Å². The van der Waals surface area contributed by atoms with Crippen molar-refractivity contribution in [2.75, 3.05) is 5.32 Å². The largest absolute Gasteiger partial charge is 0.479 e. The first kappa shape index (κ1) is 16.4. The van der Waals surface area contributed by atoms with Gasteiger partial charge in [0.05, 0.1) is 11.7 Å². The highest BCUT2D eigenvalue weighted by Gasteiger charge is 2.25. The van der Waals surface area contributed by atoms with Gasteiger partial charge >= 0.3 is 0 Å². The minimum atomic E-state index is -0.674. The number of ether oxygens (including phenoxy) is 1. The molecule has 1 aromatic carbocycles. The van der Waals surface area contributed by atoms with Crippen molar-refractivity contribution >= 4 is 33.3 Å². The molecule has 2 unspecified atom stereocenters. The van der Waals surface area contributed by atoms with Crippen LogP contribution in [0.1, 0.15) is 30.2 Å². The second kappa shape index (κ2) is 6.24. The van der Waals surface area contributed by atoms with Crippen molar-refractivity contribution < 1.29 is 14.3 Å². The van der Waals surface area contributed by atoms with Crippen LogP contribution in [0.3, 0.4) is 0 Å². The van der Waals surface area contributed by atoms with E-state index in [0.29, 0.717) is 21.5 Å². The fraction of sp³-hybridized carbons (Fsp3) is 0.235. The van der Waals surface area contributed by atoms with E-state index in [4.69, 9.17) is 4.74 Å². The van der Waals surface area contributed by atoms with Gasteiger partial charge in [-0.2, -0.15) is 0 Å². The zero-order valence-corrected chi connectivity index (χ0v) is 14.7. The molecule has 2 heterocycles. The van der Waals surface area contributed by atoms with Crippen LogP contribution in [-0.2, 0) is 4.79 Å². The van der Waals surface area contributed by atoms with Crippen LogP contribution in [0.25, 0.3) is 0 Å². The Hall–Kier alpha value is -2.41. The Morgan fingerprint density at radius 1 is 1.29 bits per heavy atom. The summed E-state index contributed by atoms with van der Waals surface area (Å²) in [5.41, 5.74) is 0.590. The van der Waals surface area contributed by atoms with Crippen LogP contribution < -0.4 is 15.6 Å². The minimum Gasteiger partial charge on any atom is -0.479 e. The van der Waals surface area contributed by atoms with Gasteiger partial charge in [-0.1, -0.05) is 0 Å². The molecule has 6 nitrogen and oxygen atoms in total. The lowest BCUT2D eigenvalue weighted by atomic mass is 10.0. The van der Waals surface area contributed by atoms with Crippen molar-refractivity contribution in [3.63, 3.8) is 0 Å². The van der Waals surface area contributed by atoms with Gasteiger partial charge in [-0.3, -0.25) is 14.4 Å². The van der Waals surface area contributed by atoms with Crippen molar-refractivity contribution in [2.45, 2.75) is 26.0 Å². The quantitative estimate of drug-likeness (QED) is 0.817. The van der Waals surface area contributed by atoms with Crippen LogP contribution >= 0.6 is 15.9 Å². The zero-order valence-electron chi connectivity index (χ0n) is 13.1. The van der Waals surface area contributed by atoms with E-state index in [0.717, 1.165) is 0 Å². The molecular formula is C17H15BrN2O4. The molecular weight excluding hydrogens is 376 g/mol. The van der Waals surface area contributed by atoms with E-state index in [1.165, 1.54) is 10.6 Å². The summed E-state index contributed by atoms with van der Waals surface area (Å²) in [7, 11) is 0. The molecule has 1 N–H and O–H groups in total. The van der Waals surface area contributed by atoms with Crippen LogP contribution in [0, 0.1) is 0 Å². The molecule has 3 rings (SSSR count). The topological polar surface area (TPSA) is 77.4 Å². The summed E-state index contributed by atoms with van der Waals surface area (Å²) in [5.74, 6) is 0.0279. The van der Waals surface area contributed by atoms with Gasteiger partial charge in [0.2, 0.25) is 0 Å². The molecule has 1 amide bonds. The Morgan fingerprint density at radius 2 is 2.04 bits per heavy atom. The Kier molecular flexibility index (Phi) is 4.28. The van der Waals surface area contributed by atoms with Gasteiger partial charge in [0, 0.05) is 22.3 Å². The van der Waals surface area contributed by atoms with Gasteiger partial charge in [0.1, 0.15) is 5.75 Å². The highest BCUT2D eigenvalue weighted by atomic mass is 79.9. The lowest BCUT2D eigenvalue weighted by Crippen LogP contribution is -2.34. The molecule has 0 radical (unpaired) electrons. The van der Waals surface area contributed by atoms with Gasteiger partial charge in [-0.25, -0.2) is 0 Å². The number of hydrogen-bond acceptors (Lipinski definition) is 4. The number of rotatable bonds is 3. The number of ketones is 1. The predicted octanol–water partition coefficient (Wildman–Crippen LogP) is 2.77. The molecule has 1 aliphatic heterocycles. The number of anilines is 1. The summed E-state index contributed by atoms with van der Waals surface area (Å²) in [4.78, 5) is 36.4. The number of benzene rings is 1. The van der Waals surface area contributed by atoms with Crippen LogP contribution in [0.2, 0.25) is 0 Å². The van der Waals surface area contributed by atoms with E-state index in [2.05, 4.69) is 21.2 Å². The fourth-order valence-electron chi connectivity index (χ4n) is 2.51. The number of nitrogens with zero attached hydrogens (tertiary/aromatic N) is 1. The molecule has 0 spiro atoms. The summed E-state index contributed by atoms with van der Waals surface area (Å²) in [6.45, 7) is 3.31. The van der Waals surface area contributed by atoms with E-state index in [1.807, 2.05) is 0 Å². The summed E-state index contributed by atoms with van der Waals surface area (Å²) in [6, 6.07) is 7.20. The number of carbonyl (C=O) groups is 2. The maximum absolute atomic E-state index is 12.7. The van der Waals surface area contributed by atoms with E-state index < -0.39 is 12.1 Å². The van der Waals surface area contributed by atoms with E-state index >= 15 is 0 Å². The Labute approximate surface area is 146 Å². The predicted molar refractivity (Wildman–Crippen MR) is 92.6 cm³/mol. The molecule has 7 heteroatoms. The number of hydrogen-bond donors (Lipinski definition) is 1. The highest BCUT2D eigenvalue weighted by molar-refractivity contribution is 9.10. The normalized spacial score (nSPS) is 17.5. The van der Waals surface area contributed by atoms with Gasteiger partial charge in [0.15, 0.2) is 11.9 Å². The average Bonchev–Trinajstić information content (AvgIpc) is 2.56. The van der Waals surface area contributed by atoms with Gasteiger partial charge in [-0.15, -0.1) is 0 Å². The first-order valence-corrected chi connectivity index (χ1v) is 8.19. The number of Topliss-reactive ketones (excluding diaryl/α,β-unsaturated/α-hetero) is 1. The summed E-state index contributed by atoms with van der Waals surface area (Å²) >= 11 is 3.30. The number of fused-ring (bicyclic) bond motifs is 1. The lowest BCUT2D eigenvalue weighted by molar-refractivity contribution is -0.122. The SMILES string of the molecule is CC1Oc2ccc(C(=O)C(C)n3cc(Br)ccc3=O)cc2NC1=O. The molecule has 0 bridgehead atoms. The summed E-state index contributed by atoms with van der Waals surface area (Å²) in [5, 5.41) is 2.71. The van der Waals surface area contributed by atoms with E-state index in [-0.39, 0.29) is 17.2 Å². The van der Waals surface area contributed by atoms with E-state index in [9.17, 15) is 14.4 Å². The third kappa shape index (κ3) is 2.99. The molecule has 124 valence electrons. The van der Waals surface area contributed by atoms with E-state index in [1.54, 1.807) is 44.3 Å². The van der Waals surface area contributed by atoms with Crippen LogP contribution in [0.5, 0.6) is 5.75 Å². The monoisotopic (exact) mass is 390 g/mol. The molecule has 1 aromatic heterocycles. The third-order valence-corrected chi connectivity index (χ3v) is 4.36. The third-order valence-electron chi connectivity index (χ3n) is 3.89. The lowest BCUT2D eigenvalue weighted by Gasteiger charge is -2.24. The summed E-state index contributed by atoms with van der Waals surface area (Å²) in [6.07, 6.45) is 1.01. The second-order valence-electron chi connectivity index (χ2n) is 5.59. The molecule has 0 saturated carbocycles. The van der Waals surface area contributed by atoms with Gasteiger partial charge in [-0.05, 0) is 54.0 Å². The number of carbonyl (C=O) groups excluding carboxylic acids is 2. The Morgan fingerprint density at radius 3 is 2.79 bits per heavy atom. The molecule has 24 heavy (non-hydrogen) atoms. The van der Waals surface area contributed by atoms with Crippen LogP contribution in [-0.4, -0.2) is 22.4 Å². The van der Waals surface area contributed by atoms with Crippen molar-refractivity contribution in [1.29, 1.82) is 0 Å². The molecule has 0 aliphatic carbocycles. The number of amides is 1. The molecule has 2 aromatic rings. The van der Waals surface area contributed by atoms with Crippen molar-refractivity contribution in [1.82, 2.24) is 4.57 Å². The smallest absolute Gasteiger partial charge is 0.265 e. The van der Waals surface area contributed by atoms with Crippen LogP contribution in [0.15, 0.2) is 45.8 Å². The Bertz CT molecular complexity index is 890. The van der Waals surface area contributed by atoms with Gasteiger partial charge < -0.3 is 14.6 Å². The average molecular weight is 391 g/mol. The minimum absolute atomic E-state index is 0.231. The Balaban J connectivity index is 1.93. The summed E-state index contributed by atoms with van der Waals surface area (Å²) < 4.78 is 7.55. The zero-order chi connectivity index (χ0) is 17.4. The molecule has 0 fully saturated rings. The highest BCUT2D eigenvalue weighted by Crippen LogP contribution is 2.31. The molecule has 0 saturated heterocycles. The number of halogens is 1. The first-order chi connectivity index (χ1) is 11.4.